The number of methoxy groups -OCH3 is 1. The van der Waals surface area contributed by atoms with Crippen molar-refractivity contribution in [2.24, 2.45) is 0 Å². The number of nitrogens with zero attached hydrogens (tertiary/aromatic N) is 2. The first kappa shape index (κ1) is 15.9. The molecule has 0 bridgehead atoms. The van der Waals surface area contributed by atoms with Gasteiger partial charge in [0.25, 0.3) is 0 Å². The van der Waals surface area contributed by atoms with E-state index < -0.39 is 5.97 Å². The van der Waals surface area contributed by atoms with Crippen LogP contribution in [0.4, 0.5) is 5.13 Å². The highest BCUT2D eigenvalue weighted by Gasteiger charge is 2.22. The molecule has 1 heterocycles. The predicted molar refractivity (Wildman–Crippen MR) is 77.4 cm³/mol. The second-order valence-corrected chi connectivity index (χ2v) is 5.54. The minimum absolute atomic E-state index is 0.161. The van der Waals surface area contributed by atoms with Crippen molar-refractivity contribution in [3.8, 4) is 0 Å². The molecule has 0 spiro atoms. The van der Waals surface area contributed by atoms with Crippen LogP contribution in [0.15, 0.2) is 0 Å². The van der Waals surface area contributed by atoms with Crippen LogP contribution in [-0.2, 0) is 4.74 Å². The fourth-order valence-electron chi connectivity index (χ4n) is 2.06. The zero-order valence-electron chi connectivity index (χ0n) is 12.0. The molecule has 0 aromatic carbocycles. The zero-order chi connectivity index (χ0) is 14.4. The number of ether oxygens (including phenoxy) is 1. The van der Waals surface area contributed by atoms with Crippen LogP contribution >= 0.6 is 11.3 Å². The molecule has 0 saturated carbocycles. The lowest BCUT2D eigenvalue weighted by Crippen LogP contribution is -2.37. The quantitative estimate of drug-likeness (QED) is 0.796. The molecule has 5 nitrogen and oxygen atoms in total. The van der Waals surface area contributed by atoms with Crippen molar-refractivity contribution in [2.75, 3.05) is 25.2 Å². The Kier molecular flexibility index (Phi) is 6.24. The Hall–Kier alpha value is -1.14. The third-order valence-electron chi connectivity index (χ3n) is 3.15. The van der Waals surface area contributed by atoms with Crippen LogP contribution in [0.5, 0.6) is 0 Å². The van der Waals surface area contributed by atoms with Crippen LogP contribution in [0.25, 0.3) is 0 Å². The van der Waals surface area contributed by atoms with E-state index in [0.717, 1.165) is 29.4 Å². The number of rotatable bonds is 8. The molecule has 0 aliphatic rings. The van der Waals surface area contributed by atoms with E-state index in [4.69, 9.17) is 9.84 Å². The smallest absolute Gasteiger partial charge is 0.355 e. The summed E-state index contributed by atoms with van der Waals surface area (Å²) in [4.78, 5) is 18.3. The van der Waals surface area contributed by atoms with Gasteiger partial charge in [-0.25, -0.2) is 9.78 Å². The number of anilines is 1. The van der Waals surface area contributed by atoms with E-state index in [1.54, 1.807) is 14.0 Å². The monoisotopic (exact) mass is 286 g/mol. The minimum Gasteiger partial charge on any atom is -0.476 e. The van der Waals surface area contributed by atoms with Gasteiger partial charge in [0.05, 0.1) is 6.61 Å². The summed E-state index contributed by atoms with van der Waals surface area (Å²) in [6.07, 6.45) is 2.00. The van der Waals surface area contributed by atoms with Gasteiger partial charge in [-0.3, -0.25) is 0 Å². The maximum atomic E-state index is 11.1. The van der Waals surface area contributed by atoms with Crippen LogP contribution < -0.4 is 4.90 Å². The summed E-state index contributed by atoms with van der Waals surface area (Å²) < 4.78 is 5.14. The summed E-state index contributed by atoms with van der Waals surface area (Å²) in [7, 11) is 1.67. The van der Waals surface area contributed by atoms with Gasteiger partial charge in [-0.05, 0) is 19.8 Å². The average Bonchev–Trinajstić information content (AvgIpc) is 2.76. The van der Waals surface area contributed by atoms with Crippen molar-refractivity contribution in [1.82, 2.24) is 4.98 Å². The molecule has 6 heteroatoms. The summed E-state index contributed by atoms with van der Waals surface area (Å²) in [5.41, 5.74) is 0.161. The van der Waals surface area contributed by atoms with Crippen molar-refractivity contribution in [1.29, 1.82) is 0 Å². The van der Waals surface area contributed by atoms with Gasteiger partial charge in [-0.1, -0.05) is 13.8 Å². The topological polar surface area (TPSA) is 62.7 Å². The molecule has 0 aliphatic heterocycles. The van der Waals surface area contributed by atoms with Crippen LogP contribution in [0.1, 0.15) is 42.1 Å². The normalized spacial score (nSPS) is 11.0. The Labute approximate surface area is 118 Å². The maximum absolute atomic E-state index is 11.1. The third kappa shape index (κ3) is 3.91. The minimum atomic E-state index is -0.962. The number of aromatic nitrogens is 1. The number of aromatic carboxylic acids is 1. The van der Waals surface area contributed by atoms with E-state index in [0.29, 0.717) is 12.6 Å². The van der Waals surface area contributed by atoms with Gasteiger partial charge in [0.1, 0.15) is 0 Å². The molecule has 0 aliphatic carbocycles. The molecule has 0 fully saturated rings. The van der Waals surface area contributed by atoms with Crippen LogP contribution in [0, 0.1) is 6.92 Å². The lowest BCUT2D eigenvalue weighted by Gasteiger charge is -2.29. The van der Waals surface area contributed by atoms with Gasteiger partial charge in [-0.2, -0.15) is 0 Å². The van der Waals surface area contributed by atoms with Gasteiger partial charge in [-0.15, -0.1) is 11.3 Å². The first-order valence-corrected chi connectivity index (χ1v) is 7.33. The lowest BCUT2D eigenvalue weighted by atomic mass is 10.1. The van der Waals surface area contributed by atoms with Crippen molar-refractivity contribution in [2.45, 2.75) is 39.7 Å². The molecular weight excluding hydrogens is 264 g/mol. The molecule has 0 radical (unpaired) electrons. The molecule has 0 atom stereocenters. The van der Waals surface area contributed by atoms with Crippen molar-refractivity contribution in [3.63, 3.8) is 0 Å². The number of carbonyl (C=O) groups is 1. The molecule has 0 unspecified atom stereocenters. The first-order valence-electron chi connectivity index (χ1n) is 6.51. The Morgan fingerprint density at radius 1 is 1.47 bits per heavy atom. The van der Waals surface area contributed by atoms with Gasteiger partial charge < -0.3 is 14.7 Å². The summed E-state index contributed by atoms with van der Waals surface area (Å²) in [6.45, 7) is 7.40. The van der Waals surface area contributed by atoms with Crippen LogP contribution in [-0.4, -0.2) is 42.4 Å². The molecule has 108 valence electrons. The van der Waals surface area contributed by atoms with Crippen molar-refractivity contribution in [3.05, 3.63) is 10.6 Å². The number of hydrogen-bond donors (Lipinski definition) is 1. The third-order valence-corrected chi connectivity index (χ3v) is 4.16. The molecular formula is C13H22N2O3S. The average molecular weight is 286 g/mol. The highest BCUT2D eigenvalue weighted by molar-refractivity contribution is 7.15. The summed E-state index contributed by atoms with van der Waals surface area (Å²) in [5, 5.41) is 9.87. The van der Waals surface area contributed by atoms with Crippen LogP contribution in [0.3, 0.4) is 0 Å². The second-order valence-electron chi connectivity index (χ2n) is 4.36. The van der Waals surface area contributed by atoms with Crippen molar-refractivity contribution < 1.29 is 14.6 Å². The largest absolute Gasteiger partial charge is 0.476 e. The highest BCUT2D eigenvalue weighted by atomic mass is 32.1. The SMILES string of the molecule is CCC(CC)N(CCOC)c1nc(C(=O)O)c(C)s1. The van der Waals surface area contributed by atoms with E-state index in [2.05, 4.69) is 23.7 Å². The van der Waals surface area contributed by atoms with Gasteiger partial charge >= 0.3 is 5.97 Å². The molecule has 1 rings (SSSR count). The summed E-state index contributed by atoms with van der Waals surface area (Å²) >= 11 is 1.44. The summed E-state index contributed by atoms with van der Waals surface area (Å²) in [5.74, 6) is -0.962. The summed E-state index contributed by atoms with van der Waals surface area (Å²) in [6, 6.07) is 0.363. The number of carboxylic acid groups (broad SMARTS) is 1. The molecule has 0 amide bonds. The lowest BCUT2D eigenvalue weighted by molar-refractivity contribution is 0.0690. The molecule has 0 saturated heterocycles. The second kappa shape index (κ2) is 7.45. The molecule has 19 heavy (non-hydrogen) atoms. The van der Waals surface area contributed by atoms with Gasteiger partial charge in [0.2, 0.25) is 0 Å². The number of carboxylic acids is 1. The highest BCUT2D eigenvalue weighted by Crippen LogP contribution is 2.28. The van der Waals surface area contributed by atoms with Gasteiger partial charge in [0, 0.05) is 24.6 Å². The Bertz CT molecular complexity index is 416. The van der Waals surface area contributed by atoms with E-state index >= 15 is 0 Å². The first-order chi connectivity index (χ1) is 9.04. The molecule has 1 aromatic heterocycles. The van der Waals surface area contributed by atoms with E-state index in [9.17, 15) is 4.79 Å². The fraction of sp³-hybridized carbons (Fsp3) is 0.692. The number of aryl methyl sites for hydroxylation is 1. The van der Waals surface area contributed by atoms with E-state index in [1.807, 2.05) is 0 Å². The Morgan fingerprint density at radius 3 is 2.53 bits per heavy atom. The van der Waals surface area contributed by atoms with Gasteiger partial charge in [0.15, 0.2) is 10.8 Å². The Balaban J connectivity index is 3.02. The fourth-order valence-corrected chi connectivity index (χ4v) is 3.06. The van der Waals surface area contributed by atoms with E-state index in [1.165, 1.54) is 11.3 Å². The number of hydrogen-bond acceptors (Lipinski definition) is 5. The Morgan fingerprint density at radius 2 is 2.11 bits per heavy atom. The standard InChI is InChI=1S/C13H22N2O3S/c1-5-10(6-2)15(7-8-18-4)13-14-11(12(16)17)9(3)19-13/h10H,5-8H2,1-4H3,(H,16,17). The maximum Gasteiger partial charge on any atom is 0.355 e. The number of thiazole rings is 1. The predicted octanol–water partition coefficient (Wildman–Crippen LogP) is 2.79. The van der Waals surface area contributed by atoms with Crippen LogP contribution in [0.2, 0.25) is 0 Å². The van der Waals surface area contributed by atoms with E-state index in [-0.39, 0.29) is 5.69 Å². The molecule has 1 N–H and O–H groups in total. The molecule has 1 aromatic rings. The van der Waals surface area contributed by atoms with Crippen molar-refractivity contribution >= 4 is 22.4 Å². The zero-order valence-corrected chi connectivity index (χ0v) is 12.8.